The Balaban J connectivity index is 1.25. The summed E-state index contributed by atoms with van der Waals surface area (Å²) in [4.78, 5) is 13.5. The van der Waals surface area contributed by atoms with E-state index in [9.17, 15) is 9.90 Å². The van der Waals surface area contributed by atoms with Crippen molar-refractivity contribution in [2.24, 2.45) is 0 Å². The van der Waals surface area contributed by atoms with Crippen LogP contribution < -0.4 is 5.32 Å². The summed E-state index contributed by atoms with van der Waals surface area (Å²) in [6.45, 7) is 7.41. The maximum Gasteiger partial charge on any atom is 0.225 e. The fraction of sp³-hybridized carbons (Fsp3) is 0.265. The molecule has 3 aromatic carbocycles. The van der Waals surface area contributed by atoms with E-state index in [1.807, 2.05) is 68.4 Å². The molecule has 11 nitrogen and oxygen atoms in total. The van der Waals surface area contributed by atoms with E-state index in [0.29, 0.717) is 22.8 Å². The molecule has 230 valence electrons. The van der Waals surface area contributed by atoms with Gasteiger partial charge in [-0.25, -0.2) is 4.68 Å². The number of nitrogens with zero attached hydrogens (tertiary/aromatic N) is 5. The zero-order valence-corrected chi connectivity index (χ0v) is 25.5. The van der Waals surface area contributed by atoms with Crippen LogP contribution in [0.1, 0.15) is 68.6 Å². The lowest BCUT2D eigenvalue weighted by Gasteiger charge is -2.22. The van der Waals surface area contributed by atoms with Crippen molar-refractivity contribution < 1.29 is 23.6 Å². The minimum absolute atomic E-state index is 0.0386. The second-order valence-electron chi connectivity index (χ2n) is 11.1. The molecule has 2 atom stereocenters. The molecule has 1 amide bonds. The highest BCUT2D eigenvalue weighted by Gasteiger charge is 2.27. The third-order valence-electron chi connectivity index (χ3n) is 7.86. The molecule has 11 heteroatoms. The summed E-state index contributed by atoms with van der Waals surface area (Å²) < 4.78 is 19.3. The molecule has 0 aliphatic rings. The first-order valence-corrected chi connectivity index (χ1v) is 14.6. The van der Waals surface area contributed by atoms with Gasteiger partial charge in [0.15, 0.2) is 5.82 Å². The van der Waals surface area contributed by atoms with E-state index >= 15 is 0 Å². The number of carbonyl (C=O) groups excluding carboxylic acids is 1. The van der Waals surface area contributed by atoms with E-state index in [2.05, 4.69) is 58.0 Å². The van der Waals surface area contributed by atoms with Crippen molar-refractivity contribution in [3.05, 3.63) is 129 Å². The lowest BCUT2D eigenvalue weighted by atomic mass is 9.93. The number of aryl methyl sites for hydroxylation is 4. The normalized spacial score (nSPS) is 12.8. The number of hydrogen-bond donors (Lipinski definition) is 2. The Bertz CT molecular complexity index is 1920. The molecule has 0 bridgehead atoms. The maximum absolute atomic E-state index is 13.5. The lowest BCUT2D eigenvalue weighted by Crippen LogP contribution is -2.31. The van der Waals surface area contributed by atoms with Gasteiger partial charge in [-0.3, -0.25) is 4.79 Å². The monoisotopic (exact) mass is 606 g/mol. The van der Waals surface area contributed by atoms with Crippen molar-refractivity contribution in [1.82, 2.24) is 30.7 Å². The van der Waals surface area contributed by atoms with Gasteiger partial charge in [-0.05, 0) is 78.6 Å². The highest BCUT2D eigenvalue weighted by molar-refractivity contribution is 5.83. The summed E-state index contributed by atoms with van der Waals surface area (Å²) in [6, 6.07) is 23.6. The molecular formula is C34H34N6O5. The van der Waals surface area contributed by atoms with Crippen LogP contribution in [0, 0.1) is 27.7 Å². The van der Waals surface area contributed by atoms with Crippen LogP contribution in [0.25, 0.3) is 11.0 Å². The van der Waals surface area contributed by atoms with E-state index in [4.69, 9.17) is 13.7 Å². The van der Waals surface area contributed by atoms with Gasteiger partial charge < -0.3 is 24.1 Å². The molecule has 3 aromatic heterocycles. The average molecular weight is 607 g/mol. The topological polar surface area (TPSA) is 141 Å². The standard InChI is InChI=1S/C34H34N6O5/c1-20-10-12-27(21(2)14-20)33(25-8-6-5-7-9-25)35-31(42)16-24-11-13-28-26(15-24)17-29(44-28)34(32-22(3)37-45-23(32)4)43-19-40-30(18-41)36-38-39-40/h5-15,17,33-34,41H,16,18-19H2,1-4H3,(H,35,42). The van der Waals surface area contributed by atoms with E-state index < -0.39 is 6.10 Å². The minimum atomic E-state index is -0.685. The van der Waals surface area contributed by atoms with Gasteiger partial charge in [0.1, 0.15) is 36.5 Å². The first kappa shape index (κ1) is 29.9. The van der Waals surface area contributed by atoms with Crippen LogP contribution in [0.2, 0.25) is 0 Å². The zero-order valence-electron chi connectivity index (χ0n) is 25.5. The number of carbonyl (C=O) groups is 1. The van der Waals surface area contributed by atoms with Crippen molar-refractivity contribution in [2.75, 3.05) is 0 Å². The summed E-state index contributed by atoms with van der Waals surface area (Å²) >= 11 is 0. The van der Waals surface area contributed by atoms with E-state index in [0.717, 1.165) is 33.2 Å². The Morgan fingerprint density at radius 3 is 2.58 bits per heavy atom. The predicted molar refractivity (Wildman–Crippen MR) is 165 cm³/mol. The molecule has 0 saturated carbocycles. The molecule has 2 unspecified atom stereocenters. The first-order valence-electron chi connectivity index (χ1n) is 14.6. The third-order valence-corrected chi connectivity index (χ3v) is 7.86. The van der Waals surface area contributed by atoms with Crippen LogP contribution in [-0.4, -0.2) is 36.4 Å². The van der Waals surface area contributed by atoms with Crippen LogP contribution in [0.4, 0.5) is 0 Å². The van der Waals surface area contributed by atoms with Crippen LogP contribution >= 0.6 is 0 Å². The number of rotatable bonds is 11. The van der Waals surface area contributed by atoms with Gasteiger partial charge in [0.25, 0.3) is 0 Å². The highest BCUT2D eigenvalue weighted by Crippen LogP contribution is 2.35. The Morgan fingerprint density at radius 2 is 1.84 bits per heavy atom. The zero-order chi connectivity index (χ0) is 31.5. The number of benzene rings is 3. The fourth-order valence-corrected chi connectivity index (χ4v) is 5.64. The first-order chi connectivity index (χ1) is 21.8. The molecular weight excluding hydrogens is 572 g/mol. The summed E-state index contributed by atoms with van der Waals surface area (Å²) in [5, 5.41) is 29.0. The molecule has 6 rings (SSSR count). The number of ether oxygens (including phenoxy) is 1. The number of fused-ring (bicyclic) bond motifs is 1. The molecule has 0 aliphatic carbocycles. The number of furan rings is 1. The number of aliphatic hydroxyl groups is 1. The van der Waals surface area contributed by atoms with Crippen molar-refractivity contribution >= 4 is 16.9 Å². The van der Waals surface area contributed by atoms with E-state index in [1.54, 1.807) is 0 Å². The molecule has 0 saturated heterocycles. The van der Waals surface area contributed by atoms with Gasteiger partial charge in [-0.2, -0.15) is 0 Å². The predicted octanol–water partition coefficient (Wildman–Crippen LogP) is 5.35. The van der Waals surface area contributed by atoms with Crippen LogP contribution in [0.5, 0.6) is 0 Å². The number of nitrogens with one attached hydrogen (secondary N) is 1. The van der Waals surface area contributed by atoms with E-state index in [-0.39, 0.29) is 37.5 Å². The van der Waals surface area contributed by atoms with Crippen molar-refractivity contribution in [1.29, 1.82) is 0 Å². The summed E-state index contributed by atoms with van der Waals surface area (Å²) in [6.07, 6.45) is -0.493. The van der Waals surface area contributed by atoms with Crippen molar-refractivity contribution in [3.63, 3.8) is 0 Å². The maximum atomic E-state index is 13.5. The third kappa shape index (κ3) is 6.40. The Labute approximate surface area is 259 Å². The summed E-state index contributed by atoms with van der Waals surface area (Å²) in [7, 11) is 0. The minimum Gasteiger partial charge on any atom is -0.458 e. The smallest absolute Gasteiger partial charge is 0.225 e. The molecule has 45 heavy (non-hydrogen) atoms. The fourth-order valence-electron chi connectivity index (χ4n) is 5.64. The molecule has 0 aliphatic heterocycles. The number of hydrogen-bond acceptors (Lipinski definition) is 9. The van der Waals surface area contributed by atoms with Crippen molar-refractivity contribution in [2.45, 2.75) is 59.6 Å². The number of aliphatic hydroxyl groups excluding tert-OH is 1. The van der Waals surface area contributed by atoms with Gasteiger partial charge in [-0.1, -0.05) is 65.3 Å². The van der Waals surface area contributed by atoms with Crippen LogP contribution in [0.15, 0.2) is 81.7 Å². The molecule has 0 fully saturated rings. The average Bonchev–Trinajstić information content (AvgIpc) is 3.75. The number of tetrazole rings is 1. The molecule has 2 N–H and O–H groups in total. The number of amides is 1. The molecule has 3 heterocycles. The molecule has 0 radical (unpaired) electrons. The quantitative estimate of drug-likeness (QED) is 0.200. The van der Waals surface area contributed by atoms with Gasteiger partial charge in [-0.15, -0.1) is 5.10 Å². The van der Waals surface area contributed by atoms with E-state index in [1.165, 1.54) is 10.2 Å². The summed E-state index contributed by atoms with van der Waals surface area (Å²) in [5.74, 6) is 1.29. The second kappa shape index (κ2) is 12.8. The Morgan fingerprint density at radius 1 is 1.02 bits per heavy atom. The van der Waals surface area contributed by atoms with Crippen molar-refractivity contribution in [3.8, 4) is 0 Å². The Hall–Kier alpha value is -5.13. The van der Waals surface area contributed by atoms with Gasteiger partial charge >= 0.3 is 0 Å². The lowest BCUT2D eigenvalue weighted by molar-refractivity contribution is -0.120. The highest BCUT2D eigenvalue weighted by atomic mass is 16.5. The summed E-state index contributed by atoms with van der Waals surface area (Å²) in [5.41, 5.74) is 7.26. The van der Waals surface area contributed by atoms with Crippen LogP contribution in [-0.2, 0) is 29.3 Å². The second-order valence-corrected chi connectivity index (χ2v) is 11.1. The largest absolute Gasteiger partial charge is 0.458 e. The Kier molecular flexibility index (Phi) is 8.54. The van der Waals surface area contributed by atoms with Gasteiger partial charge in [0, 0.05) is 5.39 Å². The van der Waals surface area contributed by atoms with Gasteiger partial charge in [0.05, 0.1) is 23.7 Å². The van der Waals surface area contributed by atoms with Gasteiger partial charge in [0.2, 0.25) is 5.91 Å². The molecule has 0 spiro atoms. The number of aromatic nitrogens is 5. The van der Waals surface area contributed by atoms with Crippen LogP contribution in [0.3, 0.4) is 0 Å². The molecule has 6 aromatic rings. The SMILES string of the molecule is Cc1ccc(C(NC(=O)Cc2ccc3oc(C(OCn4nnnc4CO)c4c(C)noc4C)cc3c2)c2ccccc2)c(C)c1.